The molecule has 0 saturated carbocycles. The number of hydrogen-bond donors (Lipinski definition) is 1. The van der Waals surface area contributed by atoms with Crippen LogP contribution in [-0.4, -0.2) is 60.6 Å². The van der Waals surface area contributed by atoms with Gasteiger partial charge in [-0.15, -0.1) is 0 Å². The number of hydrogen-bond acceptors (Lipinski definition) is 3. The van der Waals surface area contributed by atoms with Gasteiger partial charge in [-0.1, -0.05) is 19.8 Å². The Morgan fingerprint density at radius 1 is 1.31 bits per heavy atom. The van der Waals surface area contributed by atoms with E-state index in [-0.39, 0.29) is 5.92 Å². The molecule has 1 saturated heterocycles. The maximum absolute atomic E-state index is 11.1. The van der Waals surface area contributed by atoms with Crippen molar-refractivity contribution in [1.82, 2.24) is 9.80 Å². The molecule has 1 rings (SSSR count). The molecule has 4 heteroatoms. The first-order chi connectivity index (χ1) is 7.63. The van der Waals surface area contributed by atoms with Crippen LogP contribution in [0.4, 0.5) is 0 Å². The lowest BCUT2D eigenvalue weighted by molar-refractivity contribution is -0.142. The Hall–Kier alpha value is -0.610. The third-order valence-electron chi connectivity index (χ3n) is 3.24. The van der Waals surface area contributed by atoms with Gasteiger partial charge < -0.3 is 14.9 Å². The number of nitrogens with zero attached hydrogens (tertiary/aromatic N) is 2. The van der Waals surface area contributed by atoms with E-state index in [9.17, 15) is 4.79 Å². The zero-order valence-corrected chi connectivity index (χ0v) is 10.5. The average Bonchev–Trinajstić information content (AvgIpc) is 2.41. The third-order valence-corrected chi connectivity index (χ3v) is 3.24. The molecule has 0 amide bonds. The normalized spacial score (nSPS) is 24.2. The second-order valence-electron chi connectivity index (χ2n) is 4.81. The Balaban J connectivity index is 2.42. The highest BCUT2D eigenvalue weighted by molar-refractivity contribution is 5.70. The maximum Gasteiger partial charge on any atom is 0.309 e. The predicted molar refractivity (Wildman–Crippen MR) is 64.6 cm³/mol. The Morgan fingerprint density at radius 2 is 2.06 bits per heavy atom. The topological polar surface area (TPSA) is 43.8 Å². The van der Waals surface area contributed by atoms with Crippen LogP contribution in [0.1, 0.15) is 26.2 Å². The summed E-state index contributed by atoms with van der Waals surface area (Å²) < 4.78 is 0. The number of carbonyl (C=O) groups is 1. The summed E-state index contributed by atoms with van der Waals surface area (Å²) in [6, 6.07) is 0. The molecule has 4 nitrogen and oxygen atoms in total. The van der Waals surface area contributed by atoms with E-state index in [2.05, 4.69) is 16.7 Å². The van der Waals surface area contributed by atoms with E-state index in [1.807, 2.05) is 7.05 Å². The van der Waals surface area contributed by atoms with Crippen LogP contribution in [0.3, 0.4) is 0 Å². The summed E-state index contributed by atoms with van der Waals surface area (Å²) in [6.07, 6.45) is 3.65. The van der Waals surface area contributed by atoms with Gasteiger partial charge in [0, 0.05) is 26.2 Å². The molecule has 1 heterocycles. The average molecular weight is 228 g/mol. The third kappa shape index (κ3) is 4.49. The molecule has 0 spiro atoms. The highest BCUT2D eigenvalue weighted by Crippen LogP contribution is 2.10. The van der Waals surface area contributed by atoms with Crippen molar-refractivity contribution in [2.24, 2.45) is 5.92 Å². The molecule has 0 aromatic rings. The van der Waals surface area contributed by atoms with Crippen molar-refractivity contribution in [3.8, 4) is 0 Å². The molecule has 1 atom stereocenters. The van der Waals surface area contributed by atoms with Crippen molar-refractivity contribution in [2.75, 3.05) is 39.8 Å². The summed E-state index contributed by atoms with van der Waals surface area (Å²) >= 11 is 0. The predicted octanol–water partition coefficient (Wildman–Crippen LogP) is 1.12. The van der Waals surface area contributed by atoms with Crippen LogP contribution < -0.4 is 0 Å². The molecular weight excluding hydrogens is 204 g/mol. The van der Waals surface area contributed by atoms with Gasteiger partial charge in [-0.2, -0.15) is 0 Å². The summed E-state index contributed by atoms with van der Waals surface area (Å²) in [5.41, 5.74) is 0. The highest BCUT2D eigenvalue weighted by atomic mass is 16.4. The van der Waals surface area contributed by atoms with E-state index in [4.69, 9.17) is 5.11 Å². The molecule has 0 aliphatic carbocycles. The van der Waals surface area contributed by atoms with Gasteiger partial charge in [0.25, 0.3) is 0 Å². The maximum atomic E-state index is 11.1. The fourth-order valence-electron chi connectivity index (χ4n) is 2.19. The van der Waals surface area contributed by atoms with Crippen LogP contribution in [0.25, 0.3) is 0 Å². The fourth-order valence-corrected chi connectivity index (χ4v) is 2.19. The van der Waals surface area contributed by atoms with Crippen LogP contribution in [-0.2, 0) is 4.79 Å². The Kier molecular flexibility index (Phi) is 5.77. The molecule has 1 fully saturated rings. The van der Waals surface area contributed by atoms with Crippen LogP contribution in [0.5, 0.6) is 0 Å². The molecule has 0 aromatic heterocycles. The molecule has 0 bridgehead atoms. The van der Waals surface area contributed by atoms with E-state index in [0.717, 1.165) is 19.6 Å². The van der Waals surface area contributed by atoms with Crippen molar-refractivity contribution in [3.63, 3.8) is 0 Å². The molecule has 1 N–H and O–H groups in total. The van der Waals surface area contributed by atoms with Gasteiger partial charge in [0.15, 0.2) is 0 Å². The highest BCUT2D eigenvalue weighted by Gasteiger charge is 2.25. The standard InChI is InChI=1S/C12H24N2O2/c1-3-4-5-6-14-8-7-13(2)9-11(10-14)12(15)16/h11H,3-10H2,1-2H3,(H,15,16). The van der Waals surface area contributed by atoms with Gasteiger partial charge in [0.05, 0.1) is 5.92 Å². The number of unbranched alkanes of at least 4 members (excludes halogenated alkanes) is 2. The second-order valence-corrected chi connectivity index (χ2v) is 4.81. The van der Waals surface area contributed by atoms with E-state index < -0.39 is 5.97 Å². The minimum Gasteiger partial charge on any atom is -0.481 e. The Labute approximate surface area is 98.2 Å². The lowest BCUT2D eigenvalue weighted by Gasteiger charge is -2.21. The molecule has 1 aliphatic heterocycles. The fraction of sp³-hybridized carbons (Fsp3) is 0.917. The van der Waals surface area contributed by atoms with Gasteiger partial charge in [0.1, 0.15) is 0 Å². The Bertz CT molecular complexity index is 221. The summed E-state index contributed by atoms with van der Waals surface area (Å²) in [5, 5.41) is 9.12. The number of carboxylic acid groups (broad SMARTS) is 1. The second kappa shape index (κ2) is 6.86. The van der Waals surface area contributed by atoms with Gasteiger partial charge in [-0.3, -0.25) is 4.79 Å². The van der Waals surface area contributed by atoms with Gasteiger partial charge in [0.2, 0.25) is 0 Å². The summed E-state index contributed by atoms with van der Waals surface area (Å²) in [4.78, 5) is 15.5. The van der Waals surface area contributed by atoms with Crippen LogP contribution in [0.2, 0.25) is 0 Å². The zero-order chi connectivity index (χ0) is 12.0. The van der Waals surface area contributed by atoms with Crippen LogP contribution >= 0.6 is 0 Å². The van der Waals surface area contributed by atoms with Gasteiger partial charge in [-0.05, 0) is 20.0 Å². The molecule has 94 valence electrons. The monoisotopic (exact) mass is 228 g/mol. The molecular formula is C12H24N2O2. The smallest absolute Gasteiger partial charge is 0.309 e. The van der Waals surface area contributed by atoms with E-state index >= 15 is 0 Å². The SMILES string of the molecule is CCCCCN1CCN(C)CC(C(=O)O)C1. The molecule has 0 radical (unpaired) electrons. The minimum absolute atomic E-state index is 0.228. The number of rotatable bonds is 5. The minimum atomic E-state index is -0.658. The first-order valence-corrected chi connectivity index (χ1v) is 6.27. The van der Waals surface area contributed by atoms with E-state index in [1.54, 1.807) is 0 Å². The number of carboxylic acids is 1. The lowest BCUT2D eigenvalue weighted by Crippen LogP contribution is -2.34. The van der Waals surface area contributed by atoms with Crippen LogP contribution in [0.15, 0.2) is 0 Å². The summed E-state index contributed by atoms with van der Waals surface area (Å²) in [5.74, 6) is -0.886. The molecule has 0 aromatic carbocycles. The lowest BCUT2D eigenvalue weighted by atomic mass is 10.1. The van der Waals surface area contributed by atoms with Crippen molar-refractivity contribution < 1.29 is 9.90 Å². The van der Waals surface area contributed by atoms with Crippen LogP contribution in [0, 0.1) is 5.92 Å². The van der Waals surface area contributed by atoms with Crippen molar-refractivity contribution >= 4 is 5.97 Å². The first-order valence-electron chi connectivity index (χ1n) is 6.27. The number of aliphatic carboxylic acids is 1. The summed E-state index contributed by atoms with van der Waals surface area (Å²) in [6.45, 7) is 6.62. The number of likely N-dealkylation sites (N-methyl/N-ethyl adjacent to an activating group) is 1. The summed E-state index contributed by atoms with van der Waals surface area (Å²) in [7, 11) is 2.01. The first kappa shape index (κ1) is 13.5. The molecule has 16 heavy (non-hydrogen) atoms. The van der Waals surface area contributed by atoms with E-state index in [0.29, 0.717) is 13.1 Å². The van der Waals surface area contributed by atoms with Crippen molar-refractivity contribution in [1.29, 1.82) is 0 Å². The van der Waals surface area contributed by atoms with Gasteiger partial charge >= 0.3 is 5.97 Å². The largest absolute Gasteiger partial charge is 0.481 e. The quantitative estimate of drug-likeness (QED) is 0.716. The van der Waals surface area contributed by atoms with Crippen molar-refractivity contribution in [3.05, 3.63) is 0 Å². The molecule has 1 unspecified atom stereocenters. The van der Waals surface area contributed by atoms with Gasteiger partial charge in [-0.25, -0.2) is 0 Å². The van der Waals surface area contributed by atoms with Crippen molar-refractivity contribution in [2.45, 2.75) is 26.2 Å². The zero-order valence-electron chi connectivity index (χ0n) is 10.5. The molecule has 1 aliphatic rings. The Morgan fingerprint density at radius 3 is 2.69 bits per heavy atom. The van der Waals surface area contributed by atoms with E-state index in [1.165, 1.54) is 19.3 Å².